The summed E-state index contributed by atoms with van der Waals surface area (Å²) in [6.45, 7) is 11.5. The van der Waals surface area contributed by atoms with Crippen molar-refractivity contribution >= 4 is 11.7 Å². The second-order valence-electron chi connectivity index (χ2n) is 6.75. The van der Waals surface area contributed by atoms with Crippen LogP contribution in [-0.4, -0.2) is 53.5 Å². The van der Waals surface area contributed by atoms with Crippen LogP contribution in [0.5, 0.6) is 0 Å². The minimum absolute atomic E-state index is 0.162. The quantitative estimate of drug-likeness (QED) is 0.893. The van der Waals surface area contributed by atoms with Gasteiger partial charge in [-0.3, -0.25) is 4.79 Å². The first-order valence-electron chi connectivity index (χ1n) is 9.22. The van der Waals surface area contributed by atoms with Crippen LogP contribution in [0.1, 0.15) is 34.4 Å². The first kappa shape index (κ1) is 18.3. The summed E-state index contributed by atoms with van der Waals surface area (Å²) in [7, 11) is 0. The van der Waals surface area contributed by atoms with E-state index < -0.39 is 0 Å². The highest BCUT2D eigenvalue weighted by Crippen LogP contribution is 2.15. The summed E-state index contributed by atoms with van der Waals surface area (Å²) in [6, 6.07) is 9.95. The number of amides is 1. The lowest BCUT2D eigenvalue weighted by atomic mass is 10.1. The molecular formula is C20H27N5O. The second kappa shape index (κ2) is 8.27. The van der Waals surface area contributed by atoms with Gasteiger partial charge in [-0.2, -0.15) is 0 Å². The first-order valence-corrected chi connectivity index (χ1v) is 9.22. The molecule has 0 atom stereocenters. The molecule has 0 unspecified atom stereocenters. The van der Waals surface area contributed by atoms with Gasteiger partial charge >= 0.3 is 0 Å². The van der Waals surface area contributed by atoms with Crippen LogP contribution in [0.15, 0.2) is 30.3 Å². The molecule has 138 valence electrons. The number of benzene rings is 1. The second-order valence-corrected chi connectivity index (χ2v) is 6.75. The van der Waals surface area contributed by atoms with Crippen molar-refractivity contribution in [1.29, 1.82) is 0 Å². The predicted octanol–water partition coefficient (Wildman–Crippen LogP) is 2.17. The molecule has 1 aliphatic heterocycles. The van der Waals surface area contributed by atoms with Crippen molar-refractivity contribution in [3.05, 3.63) is 53.0 Å². The lowest BCUT2D eigenvalue weighted by Gasteiger charge is -2.34. The molecule has 6 heteroatoms. The summed E-state index contributed by atoms with van der Waals surface area (Å²) in [6.07, 6.45) is 0. The topological polar surface area (TPSA) is 61.4 Å². The standard InChI is InChI=1S/C20H27N5O/c1-4-24-9-11-25(12-10-24)19-13-18(22-16(3)23-19)20(26)21-14-17-7-5-15(2)6-8-17/h5-8,13H,4,9-12,14H2,1-3H3,(H,21,26). The van der Waals surface area contributed by atoms with Crippen LogP contribution in [0.25, 0.3) is 0 Å². The van der Waals surface area contributed by atoms with Gasteiger partial charge in [0.15, 0.2) is 0 Å². The van der Waals surface area contributed by atoms with Gasteiger partial charge in [0, 0.05) is 38.8 Å². The van der Waals surface area contributed by atoms with E-state index in [2.05, 4.69) is 32.0 Å². The van der Waals surface area contributed by atoms with Crippen LogP contribution >= 0.6 is 0 Å². The number of carbonyl (C=O) groups is 1. The summed E-state index contributed by atoms with van der Waals surface area (Å²) in [5, 5.41) is 2.95. The lowest BCUT2D eigenvalue weighted by molar-refractivity contribution is 0.0945. The van der Waals surface area contributed by atoms with Crippen LogP contribution in [-0.2, 0) is 6.54 Å². The largest absolute Gasteiger partial charge is 0.354 e. The molecule has 1 fully saturated rings. The van der Waals surface area contributed by atoms with Gasteiger partial charge in [0.25, 0.3) is 5.91 Å². The number of anilines is 1. The third-order valence-corrected chi connectivity index (χ3v) is 4.77. The molecule has 0 bridgehead atoms. The molecule has 0 saturated carbocycles. The fourth-order valence-electron chi connectivity index (χ4n) is 3.10. The van der Waals surface area contributed by atoms with E-state index in [0.29, 0.717) is 18.1 Å². The third-order valence-electron chi connectivity index (χ3n) is 4.77. The zero-order valence-corrected chi connectivity index (χ0v) is 15.8. The van der Waals surface area contributed by atoms with Crippen LogP contribution in [0.2, 0.25) is 0 Å². The van der Waals surface area contributed by atoms with E-state index >= 15 is 0 Å². The van der Waals surface area contributed by atoms with E-state index in [-0.39, 0.29) is 5.91 Å². The Morgan fingerprint density at radius 2 is 1.77 bits per heavy atom. The Labute approximate surface area is 155 Å². The number of aryl methyl sites for hydroxylation is 2. The van der Waals surface area contributed by atoms with Crippen molar-refractivity contribution in [3.8, 4) is 0 Å². The van der Waals surface area contributed by atoms with Crippen molar-refractivity contribution in [2.24, 2.45) is 0 Å². The molecule has 0 spiro atoms. The van der Waals surface area contributed by atoms with Crippen LogP contribution in [0.4, 0.5) is 5.82 Å². The number of nitrogens with one attached hydrogen (secondary N) is 1. The number of aromatic nitrogens is 2. The highest BCUT2D eigenvalue weighted by atomic mass is 16.1. The lowest BCUT2D eigenvalue weighted by Crippen LogP contribution is -2.46. The van der Waals surface area contributed by atoms with Gasteiger partial charge in [0.05, 0.1) is 0 Å². The van der Waals surface area contributed by atoms with Gasteiger partial charge in [-0.15, -0.1) is 0 Å². The Hall–Kier alpha value is -2.47. The van der Waals surface area contributed by atoms with E-state index in [4.69, 9.17) is 0 Å². The predicted molar refractivity (Wildman–Crippen MR) is 103 cm³/mol. The van der Waals surface area contributed by atoms with Gasteiger partial charge in [0.1, 0.15) is 17.3 Å². The molecule has 2 aromatic rings. The minimum atomic E-state index is -0.162. The molecule has 1 N–H and O–H groups in total. The molecule has 1 aromatic carbocycles. The zero-order chi connectivity index (χ0) is 18.5. The van der Waals surface area contributed by atoms with Gasteiger partial charge in [0.2, 0.25) is 0 Å². The molecule has 0 radical (unpaired) electrons. The maximum absolute atomic E-state index is 12.5. The Balaban J connectivity index is 1.66. The summed E-state index contributed by atoms with van der Waals surface area (Å²) < 4.78 is 0. The fraction of sp³-hybridized carbons (Fsp3) is 0.450. The zero-order valence-electron chi connectivity index (χ0n) is 15.8. The van der Waals surface area contributed by atoms with Gasteiger partial charge in [-0.25, -0.2) is 9.97 Å². The van der Waals surface area contributed by atoms with Crippen molar-refractivity contribution in [1.82, 2.24) is 20.2 Å². The monoisotopic (exact) mass is 353 g/mol. The van der Waals surface area contributed by atoms with E-state index in [1.807, 2.05) is 38.1 Å². The van der Waals surface area contributed by atoms with Gasteiger partial charge in [-0.1, -0.05) is 36.8 Å². The number of piperazine rings is 1. The SMILES string of the molecule is CCN1CCN(c2cc(C(=O)NCc3ccc(C)cc3)nc(C)n2)CC1. The number of likely N-dealkylation sites (N-methyl/N-ethyl adjacent to an activating group) is 1. The first-order chi connectivity index (χ1) is 12.5. The number of hydrogen-bond acceptors (Lipinski definition) is 5. The molecule has 1 amide bonds. The molecule has 1 aromatic heterocycles. The molecule has 1 aliphatic rings. The molecule has 1 saturated heterocycles. The van der Waals surface area contributed by atoms with Crippen molar-refractivity contribution in [2.45, 2.75) is 27.3 Å². The van der Waals surface area contributed by atoms with Crippen molar-refractivity contribution < 1.29 is 4.79 Å². The Morgan fingerprint density at radius 1 is 1.08 bits per heavy atom. The smallest absolute Gasteiger partial charge is 0.270 e. The van der Waals surface area contributed by atoms with Gasteiger partial charge in [-0.05, 0) is 26.0 Å². The number of nitrogens with zero attached hydrogens (tertiary/aromatic N) is 4. The Morgan fingerprint density at radius 3 is 2.42 bits per heavy atom. The van der Waals surface area contributed by atoms with Gasteiger partial charge < -0.3 is 15.1 Å². The average molecular weight is 353 g/mol. The van der Waals surface area contributed by atoms with Crippen LogP contribution in [0, 0.1) is 13.8 Å². The molecule has 6 nitrogen and oxygen atoms in total. The normalized spacial score (nSPS) is 15.1. The highest BCUT2D eigenvalue weighted by Gasteiger charge is 2.19. The number of rotatable bonds is 5. The molecular weight excluding hydrogens is 326 g/mol. The van der Waals surface area contributed by atoms with Crippen molar-refractivity contribution in [3.63, 3.8) is 0 Å². The summed E-state index contributed by atoms with van der Waals surface area (Å²) in [5.74, 6) is 1.30. The maximum atomic E-state index is 12.5. The van der Waals surface area contributed by atoms with Crippen molar-refractivity contribution in [2.75, 3.05) is 37.6 Å². The van der Waals surface area contributed by atoms with E-state index in [1.54, 1.807) is 6.07 Å². The maximum Gasteiger partial charge on any atom is 0.270 e. The Bertz CT molecular complexity index is 751. The van der Waals surface area contributed by atoms with Crippen LogP contribution < -0.4 is 10.2 Å². The third kappa shape index (κ3) is 4.58. The van der Waals surface area contributed by atoms with Crippen LogP contribution in [0.3, 0.4) is 0 Å². The summed E-state index contributed by atoms with van der Waals surface area (Å²) >= 11 is 0. The van der Waals surface area contributed by atoms with E-state index in [0.717, 1.165) is 44.1 Å². The Kier molecular flexibility index (Phi) is 5.83. The summed E-state index contributed by atoms with van der Waals surface area (Å²) in [5.41, 5.74) is 2.71. The number of carbonyl (C=O) groups excluding carboxylic acids is 1. The van der Waals surface area contributed by atoms with E-state index in [1.165, 1.54) is 5.56 Å². The van der Waals surface area contributed by atoms with E-state index in [9.17, 15) is 4.79 Å². The molecule has 26 heavy (non-hydrogen) atoms. The number of hydrogen-bond donors (Lipinski definition) is 1. The highest BCUT2D eigenvalue weighted by molar-refractivity contribution is 5.92. The minimum Gasteiger partial charge on any atom is -0.354 e. The fourth-order valence-corrected chi connectivity index (χ4v) is 3.10. The molecule has 2 heterocycles. The summed E-state index contributed by atoms with van der Waals surface area (Å²) in [4.78, 5) is 26.1. The average Bonchev–Trinajstić information content (AvgIpc) is 2.67. The molecule has 0 aliphatic carbocycles. The molecule has 3 rings (SSSR count).